The summed E-state index contributed by atoms with van der Waals surface area (Å²) >= 11 is 3.47. The third kappa shape index (κ3) is 2.25. The highest BCUT2D eigenvalue weighted by Gasteiger charge is 2.04. The van der Waals surface area contributed by atoms with Crippen LogP contribution >= 0.6 is 15.9 Å². The van der Waals surface area contributed by atoms with Crippen molar-refractivity contribution in [1.29, 1.82) is 0 Å². The molecule has 0 heterocycles. The molecule has 0 radical (unpaired) electrons. The topological polar surface area (TPSA) is 9.23 Å². The zero-order valence-corrected chi connectivity index (χ0v) is 10.3. The Hall–Kier alpha value is -1.35. The number of halogens is 2. The van der Waals surface area contributed by atoms with E-state index in [1.165, 1.54) is 12.1 Å². The van der Waals surface area contributed by atoms with Gasteiger partial charge in [0.25, 0.3) is 0 Å². The Kier molecular flexibility index (Phi) is 3.25. The lowest BCUT2D eigenvalue weighted by Gasteiger charge is -2.07. The Morgan fingerprint density at radius 3 is 2.31 bits per heavy atom. The van der Waals surface area contributed by atoms with E-state index in [0.717, 1.165) is 21.3 Å². The van der Waals surface area contributed by atoms with Gasteiger partial charge in [-0.05, 0) is 41.5 Å². The lowest BCUT2D eigenvalue weighted by atomic mass is 10.1. The van der Waals surface area contributed by atoms with Crippen molar-refractivity contribution in [3.8, 4) is 16.9 Å². The molecule has 0 atom stereocenters. The molecule has 0 spiro atoms. The first-order valence-electron chi connectivity index (χ1n) is 4.80. The van der Waals surface area contributed by atoms with Gasteiger partial charge >= 0.3 is 0 Å². The molecule has 2 aromatic rings. The minimum Gasteiger partial charge on any atom is -0.497 e. The molecule has 2 rings (SSSR count). The zero-order chi connectivity index (χ0) is 11.5. The van der Waals surface area contributed by atoms with Crippen molar-refractivity contribution in [3.05, 3.63) is 52.8 Å². The monoisotopic (exact) mass is 280 g/mol. The maximum atomic E-state index is 12.8. The highest BCUT2D eigenvalue weighted by molar-refractivity contribution is 9.10. The lowest BCUT2D eigenvalue weighted by molar-refractivity contribution is 0.414. The van der Waals surface area contributed by atoms with Crippen LogP contribution in [0.5, 0.6) is 5.75 Å². The molecule has 0 aliphatic carbocycles. The van der Waals surface area contributed by atoms with E-state index in [-0.39, 0.29) is 5.82 Å². The van der Waals surface area contributed by atoms with E-state index >= 15 is 0 Å². The highest BCUT2D eigenvalue weighted by atomic mass is 79.9. The summed E-state index contributed by atoms with van der Waals surface area (Å²) in [4.78, 5) is 0. The van der Waals surface area contributed by atoms with E-state index in [0.29, 0.717) is 0 Å². The predicted molar refractivity (Wildman–Crippen MR) is 66.1 cm³/mol. The maximum absolute atomic E-state index is 12.8. The molecule has 0 unspecified atom stereocenters. The van der Waals surface area contributed by atoms with Gasteiger partial charge in [0.15, 0.2) is 0 Å². The summed E-state index contributed by atoms with van der Waals surface area (Å²) in [5.41, 5.74) is 1.98. The summed E-state index contributed by atoms with van der Waals surface area (Å²) in [6.07, 6.45) is 0. The Morgan fingerprint density at radius 1 is 1.06 bits per heavy atom. The van der Waals surface area contributed by atoms with Crippen LogP contribution in [0, 0.1) is 5.82 Å². The van der Waals surface area contributed by atoms with Crippen LogP contribution in [0.1, 0.15) is 0 Å². The van der Waals surface area contributed by atoms with Gasteiger partial charge in [-0.15, -0.1) is 0 Å². The summed E-state index contributed by atoms with van der Waals surface area (Å²) in [6, 6.07) is 12.1. The second-order valence-electron chi connectivity index (χ2n) is 3.35. The SMILES string of the molecule is COc1ccc(-c2ccc(F)cc2)c(Br)c1. The fraction of sp³-hybridized carbons (Fsp3) is 0.0769. The molecule has 0 aromatic heterocycles. The van der Waals surface area contributed by atoms with E-state index in [4.69, 9.17) is 4.74 Å². The molecular weight excluding hydrogens is 271 g/mol. The van der Waals surface area contributed by atoms with Crippen molar-refractivity contribution in [2.75, 3.05) is 7.11 Å². The fourth-order valence-electron chi connectivity index (χ4n) is 1.49. The zero-order valence-electron chi connectivity index (χ0n) is 8.71. The summed E-state index contributed by atoms with van der Waals surface area (Å²) in [7, 11) is 1.62. The summed E-state index contributed by atoms with van der Waals surface area (Å²) in [6.45, 7) is 0. The molecule has 0 saturated heterocycles. The van der Waals surface area contributed by atoms with Crippen LogP contribution in [0.15, 0.2) is 46.9 Å². The average Bonchev–Trinajstić information content (AvgIpc) is 2.30. The smallest absolute Gasteiger partial charge is 0.123 e. The maximum Gasteiger partial charge on any atom is 0.123 e. The van der Waals surface area contributed by atoms with Crippen molar-refractivity contribution >= 4 is 15.9 Å². The van der Waals surface area contributed by atoms with E-state index in [1.807, 2.05) is 18.2 Å². The van der Waals surface area contributed by atoms with E-state index in [9.17, 15) is 4.39 Å². The molecule has 0 fully saturated rings. The first-order valence-corrected chi connectivity index (χ1v) is 5.59. The standard InChI is InChI=1S/C13H10BrFO/c1-16-11-6-7-12(13(14)8-11)9-2-4-10(15)5-3-9/h2-8H,1H3. The third-order valence-corrected chi connectivity index (χ3v) is 2.99. The summed E-state index contributed by atoms with van der Waals surface area (Å²) < 4.78 is 18.8. The summed E-state index contributed by atoms with van der Waals surface area (Å²) in [5, 5.41) is 0. The fourth-order valence-corrected chi connectivity index (χ4v) is 2.07. The molecule has 0 aliphatic rings. The van der Waals surface area contributed by atoms with Gasteiger partial charge in [-0.2, -0.15) is 0 Å². The predicted octanol–water partition coefficient (Wildman–Crippen LogP) is 4.26. The number of benzene rings is 2. The van der Waals surface area contributed by atoms with Gasteiger partial charge in [0.1, 0.15) is 11.6 Å². The van der Waals surface area contributed by atoms with Crippen LogP contribution in [-0.4, -0.2) is 7.11 Å². The number of hydrogen-bond donors (Lipinski definition) is 0. The molecular formula is C13H10BrFO. The van der Waals surface area contributed by atoms with Crippen molar-refractivity contribution in [3.63, 3.8) is 0 Å². The van der Waals surface area contributed by atoms with Gasteiger partial charge in [0.2, 0.25) is 0 Å². The van der Waals surface area contributed by atoms with Gasteiger partial charge in [-0.1, -0.05) is 28.1 Å². The second kappa shape index (κ2) is 4.66. The van der Waals surface area contributed by atoms with Crippen LogP contribution in [0.2, 0.25) is 0 Å². The number of ether oxygens (including phenoxy) is 1. The largest absolute Gasteiger partial charge is 0.497 e. The molecule has 0 N–H and O–H groups in total. The first-order chi connectivity index (χ1) is 7.70. The molecule has 82 valence electrons. The first kappa shape index (κ1) is 11.1. The van der Waals surface area contributed by atoms with Gasteiger partial charge < -0.3 is 4.74 Å². The molecule has 0 saturated carbocycles. The third-order valence-electron chi connectivity index (χ3n) is 2.33. The van der Waals surface area contributed by atoms with Gasteiger partial charge in [-0.3, -0.25) is 0 Å². The molecule has 16 heavy (non-hydrogen) atoms. The molecule has 0 aliphatic heterocycles. The Morgan fingerprint density at radius 2 is 1.75 bits per heavy atom. The Labute approximate surface area is 102 Å². The quantitative estimate of drug-likeness (QED) is 0.799. The van der Waals surface area contributed by atoms with Crippen LogP contribution in [0.3, 0.4) is 0 Å². The van der Waals surface area contributed by atoms with Crippen molar-refractivity contribution < 1.29 is 9.13 Å². The van der Waals surface area contributed by atoms with Crippen LogP contribution < -0.4 is 4.74 Å². The number of hydrogen-bond acceptors (Lipinski definition) is 1. The minimum atomic E-state index is -0.228. The Balaban J connectivity index is 2.44. The van der Waals surface area contributed by atoms with E-state index < -0.39 is 0 Å². The van der Waals surface area contributed by atoms with E-state index in [2.05, 4.69) is 15.9 Å². The molecule has 0 bridgehead atoms. The van der Waals surface area contributed by atoms with Gasteiger partial charge in [0, 0.05) is 4.47 Å². The van der Waals surface area contributed by atoms with Crippen LogP contribution in [0.25, 0.3) is 11.1 Å². The second-order valence-corrected chi connectivity index (χ2v) is 4.21. The van der Waals surface area contributed by atoms with E-state index in [1.54, 1.807) is 19.2 Å². The van der Waals surface area contributed by atoms with Crippen LogP contribution in [0.4, 0.5) is 4.39 Å². The van der Waals surface area contributed by atoms with Crippen molar-refractivity contribution in [1.82, 2.24) is 0 Å². The van der Waals surface area contributed by atoms with Gasteiger partial charge in [0.05, 0.1) is 7.11 Å². The van der Waals surface area contributed by atoms with Crippen molar-refractivity contribution in [2.24, 2.45) is 0 Å². The highest BCUT2D eigenvalue weighted by Crippen LogP contribution is 2.31. The lowest BCUT2D eigenvalue weighted by Crippen LogP contribution is -1.85. The molecule has 1 nitrogen and oxygen atoms in total. The minimum absolute atomic E-state index is 0.228. The Bertz CT molecular complexity index is 494. The van der Waals surface area contributed by atoms with Crippen LogP contribution in [-0.2, 0) is 0 Å². The molecule has 0 amide bonds. The normalized spacial score (nSPS) is 10.2. The van der Waals surface area contributed by atoms with Crippen molar-refractivity contribution in [2.45, 2.75) is 0 Å². The summed E-state index contributed by atoms with van der Waals surface area (Å²) in [5.74, 6) is 0.561. The molecule has 3 heteroatoms. The number of rotatable bonds is 2. The number of methoxy groups -OCH3 is 1. The van der Waals surface area contributed by atoms with Gasteiger partial charge in [-0.25, -0.2) is 4.39 Å². The average molecular weight is 281 g/mol. The molecule has 2 aromatic carbocycles.